The van der Waals surface area contributed by atoms with Crippen LogP contribution in [-0.2, 0) is 21.2 Å². The number of aliphatic hydroxyl groups excluding tert-OH is 1. The molecule has 33 heavy (non-hydrogen) atoms. The van der Waals surface area contributed by atoms with Crippen LogP contribution in [0.1, 0.15) is 58.9 Å². The average molecular weight is 486 g/mol. The Morgan fingerprint density at radius 2 is 1.70 bits per heavy atom. The van der Waals surface area contributed by atoms with E-state index in [2.05, 4.69) is 24.5 Å². The SMILES string of the molecule is CCCN(CCC)S(=O)(=O)CCC(=O)N[C@@H](Cc1ccc(O)cc1)[C@H](O)CNCCC(C)C. The van der Waals surface area contributed by atoms with Gasteiger partial charge in [-0.2, -0.15) is 0 Å². The zero-order chi connectivity index (χ0) is 24.9. The third kappa shape index (κ3) is 11.8. The van der Waals surface area contributed by atoms with E-state index in [1.807, 2.05) is 13.8 Å². The molecule has 0 aliphatic heterocycles. The predicted octanol–water partition coefficient (Wildman–Crippen LogP) is 2.26. The van der Waals surface area contributed by atoms with Crippen molar-refractivity contribution in [2.45, 2.75) is 71.9 Å². The Kier molecular flexibility index (Phi) is 13.6. The van der Waals surface area contributed by atoms with E-state index in [1.165, 1.54) is 4.31 Å². The molecule has 1 aromatic rings. The Labute approximate surface area is 199 Å². The first kappa shape index (κ1) is 29.4. The van der Waals surface area contributed by atoms with Gasteiger partial charge in [0.2, 0.25) is 15.9 Å². The molecule has 190 valence electrons. The summed E-state index contributed by atoms with van der Waals surface area (Å²) in [7, 11) is -3.52. The first-order valence-electron chi connectivity index (χ1n) is 12.0. The molecule has 9 heteroatoms. The summed E-state index contributed by atoms with van der Waals surface area (Å²) in [6.07, 6.45) is 1.77. The third-order valence-corrected chi connectivity index (χ3v) is 7.25. The number of hydrogen-bond donors (Lipinski definition) is 4. The van der Waals surface area contributed by atoms with Crippen LogP contribution in [0.2, 0.25) is 0 Å². The van der Waals surface area contributed by atoms with Crippen LogP contribution in [0, 0.1) is 5.92 Å². The first-order chi connectivity index (χ1) is 15.6. The second-order valence-corrected chi connectivity index (χ2v) is 11.1. The van der Waals surface area contributed by atoms with Crippen molar-refractivity contribution in [2.24, 2.45) is 5.92 Å². The van der Waals surface area contributed by atoms with E-state index < -0.39 is 28.1 Å². The fraction of sp³-hybridized carbons (Fsp3) is 0.708. The lowest BCUT2D eigenvalue weighted by Crippen LogP contribution is -2.49. The highest BCUT2D eigenvalue weighted by molar-refractivity contribution is 7.89. The van der Waals surface area contributed by atoms with E-state index in [9.17, 15) is 23.4 Å². The molecule has 8 nitrogen and oxygen atoms in total. The molecular formula is C24H43N3O5S. The number of rotatable bonds is 17. The number of benzene rings is 1. The number of nitrogens with one attached hydrogen (secondary N) is 2. The summed E-state index contributed by atoms with van der Waals surface area (Å²) in [4.78, 5) is 12.6. The summed E-state index contributed by atoms with van der Waals surface area (Å²) in [5.74, 6) is 0.0257. The minimum absolute atomic E-state index is 0.143. The highest BCUT2D eigenvalue weighted by Gasteiger charge is 2.25. The fourth-order valence-electron chi connectivity index (χ4n) is 3.47. The smallest absolute Gasteiger partial charge is 0.221 e. The molecule has 1 amide bonds. The van der Waals surface area contributed by atoms with Crippen LogP contribution in [0.25, 0.3) is 0 Å². The monoisotopic (exact) mass is 485 g/mol. The maximum absolute atomic E-state index is 12.6. The van der Waals surface area contributed by atoms with E-state index in [4.69, 9.17) is 0 Å². The van der Waals surface area contributed by atoms with Crippen molar-refractivity contribution >= 4 is 15.9 Å². The fourth-order valence-corrected chi connectivity index (χ4v) is 5.09. The summed E-state index contributed by atoms with van der Waals surface area (Å²) in [6, 6.07) is 6.02. The molecule has 0 radical (unpaired) electrons. The van der Waals surface area contributed by atoms with Crippen molar-refractivity contribution in [2.75, 3.05) is 31.9 Å². The molecule has 0 fully saturated rings. The highest BCUT2D eigenvalue weighted by atomic mass is 32.2. The number of aliphatic hydroxyl groups is 1. The summed E-state index contributed by atoms with van der Waals surface area (Å²) < 4.78 is 26.7. The van der Waals surface area contributed by atoms with E-state index >= 15 is 0 Å². The molecule has 2 atom stereocenters. The number of aromatic hydroxyl groups is 1. The Morgan fingerprint density at radius 1 is 1.09 bits per heavy atom. The van der Waals surface area contributed by atoms with Gasteiger partial charge in [-0.1, -0.05) is 39.8 Å². The van der Waals surface area contributed by atoms with Gasteiger partial charge >= 0.3 is 0 Å². The number of carbonyl (C=O) groups is 1. The van der Waals surface area contributed by atoms with Gasteiger partial charge in [0.15, 0.2) is 0 Å². The van der Waals surface area contributed by atoms with Gasteiger partial charge in [-0.05, 0) is 55.8 Å². The number of phenols is 1. The lowest BCUT2D eigenvalue weighted by Gasteiger charge is -2.25. The van der Waals surface area contributed by atoms with Crippen LogP contribution in [-0.4, -0.2) is 72.9 Å². The van der Waals surface area contributed by atoms with Crippen LogP contribution >= 0.6 is 0 Å². The highest BCUT2D eigenvalue weighted by Crippen LogP contribution is 2.13. The van der Waals surface area contributed by atoms with Gasteiger partial charge in [0.05, 0.1) is 17.9 Å². The maximum atomic E-state index is 12.6. The van der Waals surface area contributed by atoms with Crippen LogP contribution in [0.3, 0.4) is 0 Å². The molecule has 0 saturated carbocycles. The van der Waals surface area contributed by atoms with Gasteiger partial charge in [-0.25, -0.2) is 12.7 Å². The number of carbonyl (C=O) groups excluding carboxylic acids is 1. The van der Waals surface area contributed by atoms with Crippen molar-refractivity contribution in [3.8, 4) is 5.75 Å². The Bertz CT molecular complexity index is 778. The van der Waals surface area contributed by atoms with E-state index in [0.717, 1.165) is 31.4 Å². The minimum Gasteiger partial charge on any atom is -0.508 e. The molecule has 0 unspecified atom stereocenters. The number of sulfonamides is 1. The molecule has 0 aliphatic rings. The Hall–Kier alpha value is -1.68. The Balaban J connectivity index is 2.77. The lowest BCUT2D eigenvalue weighted by atomic mass is 10.0. The maximum Gasteiger partial charge on any atom is 0.221 e. The molecule has 1 rings (SSSR count). The van der Waals surface area contributed by atoms with Crippen LogP contribution in [0.5, 0.6) is 5.75 Å². The van der Waals surface area contributed by atoms with E-state index in [-0.39, 0.29) is 17.9 Å². The zero-order valence-corrected chi connectivity index (χ0v) is 21.4. The molecule has 1 aromatic carbocycles. The Morgan fingerprint density at radius 3 is 2.24 bits per heavy atom. The second-order valence-electron chi connectivity index (χ2n) is 8.96. The van der Waals surface area contributed by atoms with Crippen molar-refractivity contribution in [1.29, 1.82) is 0 Å². The summed E-state index contributed by atoms with van der Waals surface area (Å²) >= 11 is 0. The third-order valence-electron chi connectivity index (χ3n) is 5.38. The van der Waals surface area contributed by atoms with Crippen molar-refractivity contribution in [1.82, 2.24) is 14.9 Å². The molecular weight excluding hydrogens is 442 g/mol. The van der Waals surface area contributed by atoms with Crippen molar-refractivity contribution < 1.29 is 23.4 Å². The first-order valence-corrected chi connectivity index (χ1v) is 13.6. The van der Waals surface area contributed by atoms with Gasteiger partial charge in [0.25, 0.3) is 0 Å². The van der Waals surface area contributed by atoms with Crippen molar-refractivity contribution in [3.05, 3.63) is 29.8 Å². The zero-order valence-electron chi connectivity index (χ0n) is 20.6. The molecule has 0 spiro atoms. The number of nitrogens with zero attached hydrogens (tertiary/aromatic N) is 1. The second kappa shape index (κ2) is 15.3. The van der Waals surface area contributed by atoms with Crippen LogP contribution < -0.4 is 10.6 Å². The van der Waals surface area contributed by atoms with E-state index in [0.29, 0.717) is 32.0 Å². The summed E-state index contributed by atoms with van der Waals surface area (Å²) in [5.41, 5.74) is 0.851. The lowest BCUT2D eigenvalue weighted by molar-refractivity contribution is -0.122. The number of hydrogen-bond acceptors (Lipinski definition) is 6. The molecule has 0 aliphatic carbocycles. The molecule has 0 aromatic heterocycles. The van der Waals surface area contributed by atoms with E-state index in [1.54, 1.807) is 24.3 Å². The predicted molar refractivity (Wildman–Crippen MR) is 133 cm³/mol. The van der Waals surface area contributed by atoms with Gasteiger partial charge in [-0.3, -0.25) is 4.79 Å². The van der Waals surface area contributed by atoms with Crippen LogP contribution in [0.4, 0.5) is 0 Å². The topological polar surface area (TPSA) is 119 Å². The molecule has 0 saturated heterocycles. The minimum atomic E-state index is -3.52. The molecule has 4 N–H and O–H groups in total. The summed E-state index contributed by atoms with van der Waals surface area (Å²) in [6.45, 7) is 10.1. The number of phenolic OH excluding ortho intramolecular Hbond substituents is 1. The van der Waals surface area contributed by atoms with Gasteiger partial charge in [0, 0.05) is 26.1 Å². The average Bonchev–Trinajstić information content (AvgIpc) is 2.76. The quantitative estimate of drug-likeness (QED) is 0.251. The largest absolute Gasteiger partial charge is 0.508 e. The summed E-state index contributed by atoms with van der Waals surface area (Å²) in [5, 5.41) is 26.3. The van der Waals surface area contributed by atoms with Crippen LogP contribution in [0.15, 0.2) is 24.3 Å². The van der Waals surface area contributed by atoms with Gasteiger partial charge in [0.1, 0.15) is 5.75 Å². The van der Waals surface area contributed by atoms with Gasteiger partial charge in [-0.15, -0.1) is 0 Å². The van der Waals surface area contributed by atoms with Gasteiger partial charge < -0.3 is 20.8 Å². The normalized spacial score (nSPS) is 13.9. The van der Waals surface area contributed by atoms with Crippen molar-refractivity contribution in [3.63, 3.8) is 0 Å². The molecule has 0 heterocycles. The number of amides is 1. The molecule has 0 bridgehead atoms. The standard InChI is InChI=1S/C24H43N3O5S/c1-5-14-27(15-6-2)33(31,32)16-12-24(30)26-22(17-20-7-9-21(28)10-8-20)23(29)18-25-13-11-19(3)4/h7-10,19,22-23,25,28-29H,5-6,11-18H2,1-4H3,(H,26,30)/t22-,23+/m0/s1.